The standard InChI is InChI=1S/C6H8Cl3NO3/c7-6(8,5(11)13-9)10-1-3-12-4-2-10/h1-4H2. The molecule has 1 fully saturated rings. The summed E-state index contributed by atoms with van der Waals surface area (Å²) in [5, 5.41) is 0. The number of halogens is 3. The molecule has 4 nitrogen and oxygen atoms in total. The third-order valence-electron chi connectivity index (χ3n) is 1.72. The van der Waals surface area contributed by atoms with Crippen molar-refractivity contribution in [2.45, 2.75) is 4.46 Å². The lowest BCUT2D eigenvalue weighted by atomic mass is 10.4. The first-order valence-corrected chi connectivity index (χ1v) is 4.69. The van der Waals surface area contributed by atoms with Crippen molar-refractivity contribution in [3.05, 3.63) is 0 Å². The highest BCUT2D eigenvalue weighted by Crippen LogP contribution is 2.28. The molecule has 0 N–H and O–H groups in total. The van der Waals surface area contributed by atoms with Crippen molar-refractivity contribution in [2.24, 2.45) is 0 Å². The van der Waals surface area contributed by atoms with E-state index in [0.29, 0.717) is 26.3 Å². The molecule has 1 aliphatic heterocycles. The molecule has 13 heavy (non-hydrogen) atoms. The first-order chi connectivity index (χ1) is 6.09. The van der Waals surface area contributed by atoms with Crippen molar-refractivity contribution in [2.75, 3.05) is 26.3 Å². The van der Waals surface area contributed by atoms with E-state index < -0.39 is 10.4 Å². The van der Waals surface area contributed by atoms with Crippen molar-refractivity contribution in [1.82, 2.24) is 4.90 Å². The molecule has 0 unspecified atom stereocenters. The van der Waals surface area contributed by atoms with Gasteiger partial charge in [0.1, 0.15) is 11.9 Å². The summed E-state index contributed by atoms with van der Waals surface area (Å²) in [4.78, 5) is 12.6. The number of carbonyl (C=O) groups excluding carboxylic acids is 1. The zero-order chi connectivity index (χ0) is 9.90. The van der Waals surface area contributed by atoms with Crippen molar-refractivity contribution < 1.29 is 13.8 Å². The number of rotatable bonds is 2. The Kier molecular flexibility index (Phi) is 4.06. The molecule has 7 heteroatoms. The van der Waals surface area contributed by atoms with Crippen LogP contribution in [0.25, 0.3) is 0 Å². The van der Waals surface area contributed by atoms with Crippen molar-refractivity contribution in [3.8, 4) is 0 Å². The predicted molar refractivity (Wildman–Crippen MR) is 48.8 cm³/mol. The van der Waals surface area contributed by atoms with Crippen LogP contribution < -0.4 is 0 Å². The van der Waals surface area contributed by atoms with Crippen LogP contribution >= 0.6 is 35.1 Å². The van der Waals surface area contributed by atoms with Gasteiger partial charge in [-0.05, 0) is 0 Å². The second-order valence-corrected chi connectivity index (χ2v) is 3.95. The minimum absolute atomic E-state index is 0.471. The largest absolute Gasteiger partial charge is 0.379 e. The number of morpholine rings is 1. The van der Waals surface area contributed by atoms with Crippen LogP contribution in [0.1, 0.15) is 0 Å². The van der Waals surface area contributed by atoms with Gasteiger partial charge in [0.2, 0.25) is 0 Å². The van der Waals surface area contributed by atoms with Gasteiger partial charge in [0, 0.05) is 13.1 Å². The number of carbonyl (C=O) groups is 1. The molecule has 0 spiro atoms. The predicted octanol–water partition coefficient (Wildman–Crippen LogP) is 1.15. The Hall–Kier alpha value is 0.260. The van der Waals surface area contributed by atoms with E-state index in [0.717, 1.165) is 0 Å². The van der Waals surface area contributed by atoms with E-state index in [1.165, 1.54) is 4.90 Å². The fourth-order valence-corrected chi connectivity index (χ4v) is 1.63. The topological polar surface area (TPSA) is 38.8 Å². The van der Waals surface area contributed by atoms with E-state index in [1.807, 2.05) is 0 Å². The second-order valence-electron chi connectivity index (χ2n) is 2.51. The van der Waals surface area contributed by atoms with Gasteiger partial charge in [0.25, 0.3) is 4.46 Å². The van der Waals surface area contributed by atoms with Gasteiger partial charge in [-0.1, -0.05) is 23.2 Å². The average molecular weight is 248 g/mol. The molecule has 0 aliphatic carbocycles. The van der Waals surface area contributed by atoms with Crippen molar-refractivity contribution >= 4 is 41.0 Å². The Balaban J connectivity index is 2.60. The van der Waals surface area contributed by atoms with Crippen LogP contribution in [0.15, 0.2) is 0 Å². The van der Waals surface area contributed by atoms with Crippen LogP contribution in [0.2, 0.25) is 0 Å². The first-order valence-electron chi connectivity index (χ1n) is 3.62. The molecule has 0 radical (unpaired) electrons. The van der Waals surface area contributed by atoms with Gasteiger partial charge in [0.05, 0.1) is 13.2 Å². The fraction of sp³-hybridized carbons (Fsp3) is 0.833. The van der Waals surface area contributed by atoms with Crippen LogP contribution in [0.5, 0.6) is 0 Å². The maximum Gasteiger partial charge on any atom is 0.376 e. The first kappa shape index (κ1) is 11.3. The Labute approximate surface area is 90.8 Å². The smallest absolute Gasteiger partial charge is 0.376 e. The molecule has 1 heterocycles. The monoisotopic (exact) mass is 247 g/mol. The van der Waals surface area contributed by atoms with Gasteiger partial charge in [-0.15, -0.1) is 0 Å². The van der Waals surface area contributed by atoms with E-state index in [9.17, 15) is 4.79 Å². The average Bonchev–Trinajstić information content (AvgIpc) is 2.18. The lowest BCUT2D eigenvalue weighted by molar-refractivity contribution is -0.140. The number of alkyl halides is 2. The Morgan fingerprint density at radius 2 is 1.92 bits per heavy atom. The summed E-state index contributed by atoms with van der Waals surface area (Å²) >= 11 is 16.4. The molecule has 1 rings (SSSR count). The zero-order valence-electron chi connectivity index (χ0n) is 6.63. The summed E-state index contributed by atoms with van der Waals surface area (Å²) in [6.07, 6.45) is 0. The summed E-state index contributed by atoms with van der Waals surface area (Å²) in [7, 11) is 0. The van der Waals surface area contributed by atoms with Crippen molar-refractivity contribution in [1.29, 1.82) is 0 Å². The minimum atomic E-state index is -1.72. The van der Waals surface area contributed by atoms with E-state index in [1.54, 1.807) is 0 Å². The van der Waals surface area contributed by atoms with Gasteiger partial charge in [-0.2, -0.15) is 0 Å². The van der Waals surface area contributed by atoms with Gasteiger partial charge in [0.15, 0.2) is 0 Å². The van der Waals surface area contributed by atoms with Gasteiger partial charge >= 0.3 is 5.97 Å². The van der Waals surface area contributed by atoms with E-state index in [2.05, 4.69) is 4.29 Å². The molecule has 0 atom stereocenters. The summed E-state index contributed by atoms with van der Waals surface area (Å²) in [5.74, 6) is -0.889. The molecule has 0 aromatic rings. The highest BCUT2D eigenvalue weighted by Gasteiger charge is 2.42. The molecule has 0 saturated carbocycles. The quantitative estimate of drug-likeness (QED) is 0.543. The Morgan fingerprint density at radius 3 is 2.38 bits per heavy atom. The number of nitrogens with zero attached hydrogens (tertiary/aromatic N) is 1. The van der Waals surface area contributed by atoms with E-state index in [-0.39, 0.29) is 0 Å². The maximum atomic E-state index is 11.0. The molecule has 0 aromatic heterocycles. The summed E-state index contributed by atoms with van der Waals surface area (Å²) < 4.78 is 7.30. The van der Waals surface area contributed by atoms with Crippen LogP contribution in [0.3, 0.4) is 0 Å². The molecular weight excluding hydrogens is 240 g/mol. The summed E-state index contributed by atoms with van der Waals surface area (Å²) in [6, 6.07) is 0. The molecule has 0 amide bonds. The number of hydrogen-bond donors (Lipinski definition) is 0. The summed E-state index contributed by atoms with van der Waals surface area (Å²) in [5.41, 5.74) is 0. The normalized spacial score (nSPS) is 19.9. The van der Waals surface area contributed by atoms with Crippen molar-refractivity contribution in [3.63, 3.8) is 0 Å². The van der Waals surface area contributed by atoms with Gasteiger partial charge in [-0.25, -0.2) is 4.79 Å². The fourth-order valence-electron chi connectivity index (χ4n) is 1.02. The zero-order valence-corrected chi connectivity index (χ0v) is 8.90. The van der Waals surface area contributed by atoms with Crippen LogP contribution in [0.4, 0.5) is 0 Å². The highest BCUT2D eigenvalue weighted by atomic mass is 35.5. The van der Waals surface area contributed by atoms with Crippen LogP contribution in [-0.2, 0) is 13.8 Å². The third-order valence-corrected chi connectivity index (χ3v) is 2.65. The molecule has 76 valence electrons. The highest BCUT2D eigenvalue weighted by molar-refractivity contribution is 6.57. The van der Waals surface area contributed by atoms with Crippen LogP contribution in [0, 0.1) is 0 Å². The number of hydrogen-bond acceptors (Lipinski definition) is 4. The van der Waals surface area contributed by atoms with Crippen LogP contribution in [-0.4, -0.2) is 41.6 Å². The SMILES string of the molecule is O=C(OCl)C(Cl)(Cl)N1CCOCC1. The lowest BCUT2D eigenvalue weighted by Crippen LogP contribution is -2.51. The van der Waals surface area contributed by atoms with Gasteiger partial charge in [-0.3, -0.25) is 4.90 Å². The lowest BCUT2D eigenvalue weighted by Gasteiger charge is -2.33. The third kappa shape index (κ3) is 2.60. The summed E-state index contributed by atoms with van der Waals surface area (Å²) in [6.45, 7) is 1.91. The van der Waals surface area contributed by atoms with E-state index >= 15 is 0 Å². The molecule has 1 saturated heterocycles. The maximum absolute atomic E-state index is 11.0. The Morgan fingerprint density at radius 1 is 1.38 bits per heavy atom. The number of ether oxygens (including phenoxy) is 1. The minimum Gasteiger partial charge on any atom is -0.379 e. The van der Waals surface area contributed by atoms with E-state index in [4.69, 9.17) is 39.8 Å². The second kappa shape index (κ2) is 4.66. The molecular formula is C6H8Cl3NO3. The molecule has 1 aliphatic rings. The Bertz CT molecular complexity index is 194. The van der Waals surface area contributed by atoms with Gasteiger partial charge < -0.3 is 9.03 Å². The molecule has 0 aromatic carbocycles. The molecule has 0 bridgehead atoms.